The van der Waals surface area contributed by atoms with Crippen molar-refractivity contribution >= 4 is 43.7 Å². The standard InChI is InChI=1S/C45H28N4O/c1-4-12-29(13-5-1)32-20-23-36-35-18-10-11-19-39(35)49(40(36)26-32)34-22-25-38-37-24-21-33(27-41(37)50-42(38)28-34)45-47-43(30-14-6-2-7-15-30)46-44(48-45)31-16-8-3-9-17-31/h1-28H/i2D,6D,7D,14D,15D. The Morgan fingerprint density at radius 1 is 0.420 bits per heavy atom. The summed E-state index contributed by atoms with van der Waals surface area (Å²) in [5, 5.41) is 4.21. The van der Waals surface area contributed by atoms with Gasteiger partial charge in [0.05, 0.1) is 17.9 Å². The lowest BCUT2D eigenvalue weighted by Crippen LogP contribution is -2.00. The number of aromatic nitrogens is 4. The number of furan rings is 1. The Balaban J connectivity index is 1.13. The van der Waals surface area contributed by atoms with Crippen LogP contribution in [-0.4, -0.2) is 19.5 Å². The maximum atomic E-state index is 8.61. The first-order valence-corrected chi connectivity index (χ1v) is 16.3. The van der Waals surface area contributed by atoms with Crippen molar-refractivity contribution in [2.75, 3.05) is 0 Å². The lowest BCUT2D eigenvalue weighted by molar-refractivity contribution is 0.668. The molecule has 10 rings (SSSR count). The molecule has 50 heavy (non-hydrogen) atoms. The molecule has 0 unspecified atom stereocenters. The molecule has 5 heteroatoms. The predicted molar refractivity (Wildman–Crippen MR) is 203 cm³/mol. The molecule has 5 nitrogen and oxygen atoms in total. The van der Waals surface area contributed by atoms with Crippen molar-refractivity contribution in [1.82, 2.24) is 19.5 Å². The molecular weight excluding hydrogens is 613 g/mol. The minimum absolute atomic E-state index is 0.0169. The summed E-state index contributed by atoms with van der Waals surface area (Å²) in [6, 6.07) is 44.6. The molecule has 0 aliphatic heterocycles. The lowest BCUT2D eigenvalue weighted by Gasteiger charge is -2.09. The first-order valence-electron chi connectivity index (χ1n) is 18.8. The van der Waals surface area contributed by atoms with Gasteiger partial charge in [-0.2, -0.15) is 0 Å². The molecule has 0 radical (unpaired) electrons. The molecule has 234 valence electrons. The molecule has 0 aliphatic rings. The Hall–Kier alpha value is -6.85. The van der Waals surface area contributed by atoms with Gasteiger partial charge in [0.1, 0.15) is 11.2 Å². The highest BCUT2D eigenvalue weighted by atomic mass is 16.3. The molecule has 0 N–H and O–H groups in total. The van der Waals surface area contributed by atoms with E-state index in [1.807, 2.05) is 54.6 Å². The van der Waals surface area contributed by atoms with Crippen molar-refractivity contribution in [2.24, 2.45) is 0 Å². The quantitative estimate of drug-likeness (QED) is 0.187. The number of benzene rings is 7. The van der Waals surface area contributed by atoms with E-state index in [1.54, 1.807) is 0 Å². The van der Waals surface area contributed by atoms with Crippen LogP contribution >= 0.6 is 0 Å². The van der Waals surface area contributed by atoms with Gasteiger partial charge in [0, 0.05) is 50.0 Å². The van der Waals surface area contributed by atoms with Gasteiger partial charge in [-0.1, -0.05) is 127 Å². The van der Waals surface area contributed by atoms with E-state index in [2.05, 4.69) is 94.5 Å². The fourth-order valence-corrected chi connectivity index (χ4v) is 6.80. The van der Waals surface area contributed by atoms with Gasteiger partial charge in [-0.25, -0.2) is 15.0 Å². The van der Waals surface area contributed by atoms with Gasteiger partial charge in [0.15, 0.2) is 17.5 Å². The summed E-state index contributed by atoms with van der Waals surface area (Å²) in [4.78, 5) is 14.1. The summed E-state index contributed by atoms with van der Waals surface area (Å²) in [6.45, 7) is 0. The predicted octanol–water partition coefficient (Wildman–Crippen LogP) is 11.5. The van der Waals surface area contributed by atoms with E-state index >= 15 is 0 Å². The van der Waals surface area contributed by atoms with Crippen molar-refractivity contribution in [3.05, 3.63) is 170 Å². The number of nitrogens with zero attached hydrogens (tertiary/aromatic N) is 4. The molecule has 0 atom stereocenters. The third-order valence-electron chi connectivity index (χ3n) is 9.15. The van der Waals surface area contributed by atoms with Crippen molar-refractivity contribution in [3.8, 4) is 51.0 Å². The Morgan fingerprint density at radius 3 is 1.78 bits per heavy atom. The minimum Gasteiger partial charge on any atom is -0.456 e. The van der Waals surface area contributed by atoms with E-state index in [9.17, 15) is 0 Å². The SMILES string of the molecule is [2H]c1c([2H])c([2H])c(-c2nc(-c3ccccc3)nc(-c3ccc4c(c3)oc3cc(-n5c6ccccc6c6ccc(-c7ccccc7)cc65)ccc34)n2)c([2H])c1[2H]. The third kappa shape index (κ3) is 4.67. The second-order valence-electron chi connectivity index (χ2n) is 12.1. The van der Waals surface area contributed by atoms with E-state index in [0.717, 1.165) is 44.2 Å². The van der Waals surface area contributed by atoms with Gasteiger partial charge in [-0.05, 0) is 47.5 Å². The normalized spacial score (nSPS) is 13.0. The lowest BCUT2D eigenvalue weighted by atomic mass is 10.0. The molecule has 0 amide bonds. The number of fused-ring (bicyclic) bond motifs is 6. The maximum absolute atomic E-state index is 8.61. The van der Waals surface area contributed by atoms with E-state index in [-0.39, 0.29) is 29.3 Å². The van der Waals surface area contributed by atoms with Crippen LogP contribution in [0.15, 0.2) is 174 Å². The number of hydrogen-bond donors (Lipinski definition) is 0. The van der Waals surface area contributed by atoms with Crippen LogP contribution in [0.4, 0.5) is 0 Å². The van der Waals surface area contributed by atoms with Crippen LogP contribution in [0.1, 0.15) is 6.85 Å². The van der Waals surface area contributed by atoms with Crippen LogP contribution in [0.25, 0.3) is 94.7 Å². The topological polar surface area (TPSA) is 56.7 Å². The summed E-state index contributed by atoms with van der Waals surface area (Å²) in [6.07, 6.45) is 0. The van der Waals surface area contributed by atoms with E-state index in [1.165, 1.54) is 10.8 Å². The van der Waals surface area contributed by atoms with Crippen LogP contribution in [-0.2, 0) is 0 Å². The van der Waals surface area contributed by atoms with E-state index < -0.39 is 18.1 Å². The molecule has 0 fully saturated rings. The van der Waals surface area contributed by atoms with Gasteiger partial charge in [0.25, 0.3) is 0 Å². The van der Waals surface area contributed by atoms with Gasteiger partial charge >= 0.3 is 0 Å². The summed E-state index contributed by atoms with van der Waals surface area (Å²) in [5.74, 6) is 0.568. The van der Waals surface area contributed by atoms with Gasteiger partial charge in [0.2, 0.25) is 0 Å². The van der Waals surface area contributed by atoms with Crippen molar-refractivity contribution < 1.29 is 11.3 Å². The van der Waals surface area contributed by atoms with Crippen molar-refractivity contribution in [3.63, 3.8) is 0 Å². The zero-order valence-corrected chi connectivity index (χ0v) is 26.5. The zero-order valence-electron chi connectivity index (χ0n) is 31.5. The van der Waals surface area contributed by atoms with Crippen molar-refractivity contribution in [1.29, 1.82) is 0 Å². The van der Waals surface area contributed by atoms with Crippen LogP contribution in [0.3, 0.4) is 0 Å². The monoisotopic (exact) mass is 645 g/mol. The van der Waals surface area contributed by atoms with Crippen LogP contribution in [0.2, 0.25) is 0 Å². The van der Waals surface area contributed by atoms with Gasteiger partial charge in [-0.3, -0.25) is 0 Å². The van der Waals surface area contributed by atoms with E-state index in [4.69, 9.17) is 21.2 Å². The summed E-state index contributed by atoms with van der Waals surface area (Å²) in [5.41, 5.74) is 8.02. The summed E-state index contributed by atoms with van der Waals surface area (Å²) < 4.78 is 50.7. The molecule has 3 aromatic heterocycles. The van der Waals surface area contributed by atoms with Crippen LogP contribution in [0.5, 0.6) is 0 Å². The zero-order chi connectivity index (χ0) is 37.4. The molecule has 0 saturated heterocycles. The fourth-order valence-electron chi connectivity index (χ4n) is 6.80. The number of rotatable bonds is 5. The molecule has 0 aliphatic carbocycles. The van der Waals surface area contributed by atoms with Gasteiger partial charge in [-0.15, -0.1) is 0 Å². The highest BCUT2D eigenvalue weighted by molar-refractivity contribution is 6.11. The third-order valence-corrected chi connectivity index (χ3v) is 9.15. The second-order valence-corrected chi connectivity index (χ2v) is 12.1. The maximum Gasteiger partial charge on any atom is 0.164 e. The Labute approximate surface area is 294 Å². The number of para-hydroxylation sites is 1. The molecule has 0 saturated carbocycles. The molecule has 0 bridgehead atoms. The average Bonchev–Trinajstić information content (AvgIpc) is 3.77. The summed E-state index contributed by atoms with van der Waals surface area (Å²) >= 11 is 0. The Kier molecular flexibility index (Phi) is 5.35. The fraction of sp³-hybridized carbons (Fsp3) is 0. The Morgan fingerprint density at radius 2 is 1.00 bits per heavy atom. The first-order chi connectivity index (χ1) is 26.8. The molecule has 10 aromatic rings. The molecule has 3 heterocycles. The van der Waals surface area contributed by atoms with E-state index in [0.29, 0.717) is 22.5 Å². The highest BCUT2D eigenvalue weighted by Gasteiger charge is 2.17. The van der Waals surface area contributed by atoms with Crippen molar-refractivity contribution in [2.45, 2.75) is 0 Å². The molecule has 0 spiro atoms. The highest BCUT2D eigenvalue weighted by Crippen LogP contribution is 2.38. The minimum atomic E-state index is -0.482. The Bertz CT molecular complexity index is 3130. The largest absolute Gasteiger partial charge is 0.456 e. The molecule has 7 aromatic carbocycles. The average molecular weight is 646 g/mol. The van der Waals surface area contributed by atoms with Crippen LogP contribution in [0, 0.1) is 0 Å². The number of hydrogen-bond acceptors (Lipinski definition) is 4. The summed E-state index contributed by atoms with van der Waals surface area (Å²) in [7, 11) is 0. The van der Waals surface area contributed by atoms with Crippen LogP contribution < -0.4 is 0 Å². The second kappa shape index (κ2) is 11.4. The van der Waals surface area contributed by atoms with Gasteiger partial charge < -0.3 is 8.98 Å². The molecular formula is C45H28N4O. The first kappa shape index (κ1) is 23.5. The smallest absolute Gasteiger partial charge is 0.164 e.